The number of hydrogen-bond acceptors (Lipinski definition) is 21. The van der Waals surface area contributed by atoms with E-state index in [1.165, 1.54) is 0 Å². The van der Waals surface area contributed by atoms with Crippen molar-refractivity contribution in [3.63, 3.8) is 0 Å². The molecule has 0 bridgehead atoms. The van der Waals surface area contributed by atoms with Crippen LogP contribution < -0.4 is 83.2 Å². The van der Waals surface area contributed by atoms with E-state index in [4.69, 9.17) is 15.3 Å². The summed E-state index contributed by atoms with van der Waals surface area (Å²) in [6.07, 6.45) is -8.15. The van der Waals surface area contributed by atoms with E-state index in [1.54, 1.807) is 0 Å². The second-order valence-corrected chi connectivity index (χ2v) is 7.25. The van der Waals surface area contributed by atoms with E-state index in [0.717, 1.165) is 0 Å². The number of hydrogen-bond donors (Lipinski definition) is 3. The standard InChI is InChI=1S/3C6H8O7.3ClH.4La/c3*7-3(8)1-6(13,5(11)12)2-4(9)10;;;;;;;/h3*13H,1-2H2,(H,7,8)(H,9,10)(H,11,12);3*1H;;;;/q;;;;;;4*+3/p-12. The number of halogens is 3. The van der Waals surface area contributed by atoms with Crippen molar-refractivity contribution < 1.29 is 284 Å². The van der Waals surface area contributed by atoms with Crippen LogP contribution in [0.5, 0.6) is 0 Å². The van der Waals surface area contributed by atoms with Crippen molar-refractivity contribution in [3.05, 3.63) is 0 Å². The number of carbonyl (C=O) groups excluding carboxylic acids is 9. The molecule has 0 rings (SSSR count). The summed E-state index contributed by atoms with van der Waals surface area (Å²) in [5.41, 5.74) is -8.92. The average Bonchev–Trinajstić information content (AvgIpc) is 2.64. The fraction of sp³-hybridized carbons (Fsp3) is 0.500. The molecular formula is C18H15Cl3La4O21. The Labute approximate surface area is 387 Å². The first-order valence-electron chi connectivity index (χ1n) is 9.34. The van der Waals surface area contributed by atoms with Gasteiger partial charge in [0.2, 0.25) is 0 Å². The van der Waals surface area contributed by atoms with E-state index >= 15 is 0 Å². The molecule has 0 heterocycles. The van der Waals surface area contributed by atoms with Gasteiger partial charge < -0.3 is 142 Å². The molecule has 28 heteroatoms. The fourth-order valence-electron chi connectivity index (χ4n) is 2.05. The molecule has 0 aliphatic rings. The summed E-state index contributed by atoms with van der Waals surface area (Å²) in [6, 6.07) is 0. The van der Waals surface area contributed by atoms with Gasteiger partial charge in [-0.3, -0.25) is 0 Å². The van der Waals surface area contributed by atoms with Crippen molar-refractivity contribution in [1.29, 1.82) is 0 Å². The van der Waals surface area contributed by atoms with Crippen molar-refractivity contribution in [2.45, 2.75) is 55.3 Å². The second-order valence-electron chi connectivity index (χ2n) is 7.25. The molecule has 46 heavy (non-hydrogen) atoms. The minimum Gasteiger partial charge on any atom is -1.00 e. The zero-order valence-corrected chi connectivity index (χ0v) is 39.1. The Balaban J connectivity index is -0.0000000491. The molecule has 3 N–H and O–H groups in total. The molecule has 0 aliphatic carbocycles. The first-order valence-corrected chi connectivity index (χ1v) is 9.34. The molecule has 21 nitrogen and oxygen atoms in total. The van der Waals surface area contributed by atoms with E-state index in [0.29, 0.717) is 0 Å². The molecule has 0 fully saturated rings. The van der Waals surface area contributed by atoms with E-state index < -0.39 is 109 Å². The van der Waals surface area contributed by atoms with Crippen molar-refractivity contribution in [3.8, 4) is 0 Å². The van der Waals surface area contributed by atoms with Gasteiger partial charge in [-0.2, -0.15) is 0 Å². The number of aliphatic carboxylic acids is 9. The van der Waals surface area contributed by atoms with Crippen molar-refractivity contribution in [2.75, 3.05) is 0 Å². The first kappa shape index (κ1) is 72.5. The molecule has 0 amide bonds. The molecule has 0 aromatic carbocycles. The quantitative estimate of drug-likeness (QED) is 0.137. The summed E-state index contributed by atoms with van der Waals surface area (Å²) < 4.78 is 0. The third-order valence-electron chi connectivity index (χ3n) is 3.76. The largest absolute Gasteiger partial charge is 3.00 e. The number of carboxylic acid groups (broad SMARTS) is 9. The van der Waals surface area contributed by atoms with Crippen LogP contribution in [0.4, 0.5) is 0 Å². The number of carbonyl (C=O) groups is 9. The van der Waals surface area contributed by atoms with Crippen LogP contribution in [0.15, 0.2) is 0 Å². The summed E-state index contributed by atoms with van der Waals surface area (Å²) in [5.74, 6) is -18.0. The monoisotopic (exact) mass is 1230 g/mol. The summed E-state index contributed by atoms with van der Waals surface area (Å²) in [5, 5.41) is 117. The third-order valence-corrected chi connectivity index (χ3v) is 3.76. The van der Waals surface area contributed by atoms with Gasteiger partial charge in [0.1, 0.15) is 16.8 Å². The molecule has 0 aromatic heterocycles. The van der Waals surface area contributed by atoms with Crippen LogP contribution >= 0.6 is 0 Å². The van der Waals surface area contributed by atoms with E-state index in [9.17, 15) is 89.1 Å². The van der Waals surface area contributed by atoms with E-state index in [-0.39, 0.29) is 180 Å². The molecule has 0 aromatic rings. The van der Waals surface area contributed by atoms with Gasteiger partial charge in [0.05, 0.1) is 17.9 Å². The summed E-state index contributed by atoms with van der Waals surface area (Å²) in [6.45, 7) is 0. The Bertz CT molecular complexity index is 841. The van der Waals surface area contributed by atoms with Crippen LogP contribution in [0.25, 0.3) is 0 Å². The van der Waals surface area contributed by atoms with Gasteiger partial charge in [0.25, 0.3) is 0 Å². The molecule has 246 valence electrons. The van der Waals surface area contributed by atoms with Crippen molar-refractivity contribution >= 4 is 53.7 Å². The molecule has 0 atom stereocenters. The smallest absolute Gasteiger partial charge is 1.00 e. The van der Waals surface area contributed by atoms with Gasteiger partial charge in [-0.05, 0) is 0 Å². The van der Waals surface area contributed by atoms with Crippen LogP contribution in [0.2, 0.25) is 0 Å². The number of carboxylic acids is 9. The number of rotatable bonds is 15. The average molecular weight is 1230 g/mol. The zero-order valence-electron chi connectivity index (χ0n) is 22.4. The maximum Gasteiger partial charge on any atom is 3.00 e. The second kappa shape index (κ2) is 34.2. The number of aliphatic hydroxyl groups is 3. The third kappa shape index (κ3) is 36.1. The maximum absolute atomic E-state index is 10.1. The van der Waals surface area contributed by atoms with Gasteiger partial charge >= 0.3 is 142 Å². The molecule has 0 saturated heterocycles. The Morgan fingerprint density at radius 2 is 0.413 bits per heavy atom. The van der Waals surface area contributed by atoms with Crippen molar-refractivity contribution in [1.82, 2.24) is 0 Å². The normalized spacial score (nSPS) is 9.20. The Kier molecular flexibility index (Phi) is 53.9. The van der Waals surface area contributed by atoms with Crippen LogP contribution in [0.1, 0.15) is 38.5 Å². The van der Waals surface area contributed by atoms with E-state index in [1.807, 2.05) is 0 Å². The predicted octanol–water partition coefficient (Wildman–Crippen LogP) is -24.7. The molecule has 0 unspecified atom stereocenters. The summed E-state index contributed by atoms with van der Waals surface area (Å²) >= 11 is 0. The maximum atomic E-state index is 10.1. The fourth-order valence-corrected chi connectivity index (χ4v) is 2.05. The van der Waals surface area contributed by atoms with Crippen molar-refractivity contribution in [2.24, 2.45) is 0 Å². The predicted molar refractivity (Wildman–Crippen MR) is 87.6 cm³/mol. The molecule has 0 spiro atoms. The van der Waals surface area contributed by atoms with Crippen LogP contribution in [-0.2, 0) is 43.2 Å². The summed E-state index contributed by atoms with van der Waals surface area (Å²) in [4.78, 5) is 90.0. The Morgan fingerprint density at radius 1 is 0.326 bits per heavy atom. The SMILES string of the molecule is O=C([O-])CC(O)(CC(=O)[O-])C(=O)[O-].O=C([O-])CC(O)(CC(=O)[O-])C(=O)[O-].O=C([O-])CC(O)(CC(=O)[O-])C(=O)[O-].[Cl-].[Cl-].[Cl-].[La+3].[La+3].[La+3].[La+3]. The summed E-state index contributed by atoms with van der Waals surface area (Å²) in [7, 11) is 0. The topological polar surface area (TPSA) is 422 Å². The first-order chi connectivity index (χ1) is 17.3. The van der Waals surface area contributed by atoms with Gasteiger partial charge in [-0.25, -0.2) is 0 Å². The van der Waals surface area contributed by atoms with Gasteiger partial charge in [-0.15, -0.1) is 0 Å². The van der Waals surface area contributed by atoms with Crippen LogP contribution in [0.3, 0.4) is 0 Å². The molecule has 0 radical (unpaired) electrons. The molecule has 0 aliphatic heterocycles. The van der Waals surface area contributed by atoms with Gasteiger partial charge in [0, 0.05) is 74.3 Å². The minimum absolute atomic E-state index is 0. The van der Waals surface area contributed by atoms with Crippen LogP contribution in [0, 0.1) is 142 Å². The zero-order chi connectivity index (χ0) is 31.9. The Morgan fingerprint density at radius 3 is 0.457 bits per heavy atom. The van der Waals surface area contributed by atoms with E-state index in [2.05, 4.69) is 0 Å². The minimum atomic E-state index is -2.97. The molecular weight excluding hydrogens is 1210 g/mol. The van der Waals surface area contributed by atoms with Crippen LogP contribution in [-0.4, -0.2) is 85.8 Å². The van der Waals surface area contributed by atoms with Gasteiger partial charge in [0.15, 0.2) is 0 Å². The Hall–Kier alpha value is 0.759. The van der Waals surface area contributed by atoms with Gasteiger partial charge in [-0.1, -0.05) is 0 Å². The molecule has 0 saturated carbocycles.